The van der Waals surface area contributed by atoms with Crippen LogP contribution in [0.15, 0.2) is 23.8 Å². The Kier molecular flexibility index (Phi) is 3.74. The molecule has 0 aliphatic rings. The number of hydrogen-bond acceptors (Lipinski definition) is 3. The zero-order valence-corrected chi connectivity index (χ0v) is 10.5. The summed E-state index contributed by atoms with van der Waals surface area (Å²) < 4.78 is 1.98. The summed E-state index contributed by atoms with van der Waals surface area (Å²) in [4.78, 5) is 1.43. The molecule has 0 atom stereocenters. The van der Waals surface area contributed by atoms with E-state index < -0.39 is 0 Å². The first kappa shape index (κ1) is 11.4. The van der Waals surface area contributed by atoms with E-state index in [0.29, 0.717) is 0 Å². The molecule has 0 saturated carbocycles. The fourth-order valence-corrected chi connectivity index (χ4v) is 2.45. The van der Waals surface area contributed by atoms with Crippen molar-refractivity contribution in [3.05, 3.63) is 39.8 Å². The Morgan fingerprint density at radius 3 is 2.94 bits per heavy atom. The number of hydrogen-bond donors (Lipinski definition) is 1. The summed E-state index contributed by atoms with van der Waals surface area (Å²) in [6, 6.07) is 2.17. The Labute approximate surface area is 100 Å². The Balaban J connectivity index is 1.71. The fraction of sp³-hybridized carbons (Fsp3) is 0.417. The summed E-state index contributed by atoms with van der Waals surface area (Å²) in [5, 5.41) is 9.83. The Hall–Kier alpha value is -1.13. The molecule has 2 aromatic rings. The molecular formula is C12H17N3S. The molecule has 2 heterocycles. The van der Waals surface area contributed by atoms with Gasteiger partial charge in [0.25, 0.3) is 0 Å². The second kappa shape index (κ2) is 5.27. The first-order valence-corrected chi connectivity index (χ1v) is 6.36. The lowest BCUT2D eigenvalue weighted by Gasteiger charge is -2.04. The monoisotopic (exact) mass is 235 g/mol. The molecule has 0 aromatic carbocycles. The fourth-order valence-electron chi connectivity index (χ4n) is 1.57. The van der Waals surface area contributed by atoms with E-state index in [-0.39, 0.29) is 0 Å². The molecule has 0 bridgehead atoms. The van der Waals surface area contributed by atoms with E-state index in [1.807, 2.05) is 22.2 Å². The van der Waals surface area contributed by atoms with Gasteiger partial charge in [0, 0.05) is 24.2 Å². The van der Waals surface area contributed by atoms with Crippen LogP contribution in [0, 0.1) is 13.8 Å². The van der Waals surface area contributed by atoms with Crippen molar-refractivity contribution in [1.29, 1.82) is 0 Å². The third-order valence-corrected chi connectivity index (χ3v) is 3.56. The molecule has 0 amide bonds. The van der Waals surface area contributed by atoms with Gasteiger partial charge >= 0.3 is 0 Å². The highest BCUT2D eigenvalue weighted by atomic mass is 32.1. The van der Waals surface area contributed by atoms with E-state index >= 15 is 0 Å². The molecule has 0 fully saturated rings. The molecule has 0 unspecified atom stereocenters. The molecule has 86 valence electrons. The van der Waals surface area contributed by atoms with Crippen molar-refractivity contribution in [2.45, 2.75) is 26.9 Å². The first-order valence-electron chi connectivity index (χ1n) is 5.48. The number of rotatable bonds is 5. The Morgan fingerprint density at radius 1 is 1.44 bits per heavy atom. The van der Waals surface area contributed by atoms with Crippen molar-refractivity contribution in [3.63, 3.8) is 0 Å². The summed E-state index contributed by atoms with van der Waals surface area (Å²) in [5.41, 5.74) is 2.60. The molecule has 0 spiro atoms. The standard InChI is InChI=1S/C12H17N3S/c1-10-7-14-15(9-10)5-4-13-8-12-11(2)3-6-16-12/h3,6-7,9,13H,4-5,8H2,1-2H3. The summed E-state index contributed by atoms with van der Waals surface area (Å²) in [6.07, 6.45) is 3.96. The van der Waals surface area contributed by atoms with Crippen molar-refractivity contribution in [3.8, 4) is 0 Å². The third-order valence-electron chi connectivity index (χ3n) is 2.53. The normalized spacial score (nSPS) is 10.9. The van der Waals surface area contributed by atoms with Gasteiger partial charge in [-0.2, -0.15) is 5.10 Å². The number of aryl methyl sites for hydroxylation is 2. The van der Waals surface area contributed by atoms with E-state index in [9.17, 15) is 0 Å². The van der Waals surface area contributed by atoms with Gasteiger partial charge in [0.2, 0.25) is 0 Å². The predicted molar refractivity (Wildman–Crippen MR) is 67.7 cm³/mol. The number of nitrogens with zero attached hydrogens (tertiary/aromatic N) is 2. The van der Waals surface area contributed by atoms with Crippen molar-refractivity contribution >= 4 is 11.3 Å². The Morgan fingerprint density at radius 2 is 2.31 bits per heavy atom. The second-order valence-corrected chi connectivity index (χ2v) is 4.98. The van der Waals surface area contributed by atoms with Crippen LogP contribution in [0.2, 0.25) is 0 Å². The summed E-state index contributed by atoms with van der Waals surface area (Å²) in [6.45, 7) is 7.07. The molecule has 16 heavy (non-hydrogen) atoms. The lowest BCUT2D eigenvalue weighted by Crippen LogP contribution is -2.19. The molecule has 2 aromatic heterocycles. The van der Waals surface area contributed by atoms with Crippen LogP contribution in [-0.2, 0) is 13.1 Å². The Bertz CT molecular complexity index is 445. The number of nitrogens with one attached hydrogen (secondary N) is 1. The molecule has 2 rings (SSSR count). The van der Waals surface area contributed by atoms with E-state index in [0.717, 1.165) is 19.6 Å². The van der Waals surface area contributed by atoms with Gasteiger partial charge in [-0.05, 0) is 36.4 Å². The van der Waals surface area contributed by atoms with Crippen molar-refractivity contribution in [1.82, 2.24) is 15.1 Å². The number of aromatic nitrogens is 2. The molecule has 0 saturated heterocycles. The van der Waals surface area contributed by atoms with Gasteiger partial charge in [-0.1, -0.05) is 0 Å². The van der Waals surface area contributed by atoms with Crippen LogP contribution in [0.1, 0.15) is 16.0 Å². The molecule has 3 nitrogen and oxygen atoms in total. The van der Waals surface area contributed by atoms with E-state index in [1.54, 1.807) is 0 Å². The quantitative estimate of drug-likeness (QED) is 0.806. The average molecular weight is 235 g/mol. The van der Waals surface area contributed by atoms with Gasteiger partial charge < -0.3 is 5.32 Å². The van der Waals surface area contributed by atoms with E-state index in [4.69, 9.17) is 0 Å². The van der Waals surface area contributed by atoms with Crippen LogP contribution in [-0.4, -0.2) is 16.3 Å². The van der Waals surface area contributed by atoms with Crippen molar-refractivity contribution in [2.24, 2.45) is 0 Å². The topological polar surface area (TPSA) is 29.9 Å². The minimum absolute atomic E-state index is 0.929. The van der Waals surface area contributed by atoms with Crippen molar-refractivity contribution < 1.29 is 0 Å². The van der Waals surface area contributed by atoms with Crippen LogP contribution in [0.5, 0.6) is 0 Å². The lowest BCUT2D eigenvalue weighted by molar-refractivity contribution is 0.556. The molecule has 0 aliphatic heterocycles. The maximum atomic E-state index is 4.25. The SMILES string of the molecule is Cc1cnn(CCNCc2sccc2C)c1. The third kappa shape index (κ3) is 2.93. The van der Waals surface area contributed by atoms with E-state index in [1.165, 1.54) is 16.0 Å². The predicted octanol–water partition coefficient (Wildman–Crippen LogP) is 2.35. The first-order chi connectivity index (χ1) is 7.75. The summed E-state index contributed by atoms with van der Waals surface area (Å²) in [7, 11) is 0. The van der Waals surface area contributed by atoms with Crippen LogP contribution in [0.4, 0.5) is 0 Å². The van der Waals surface area contributed by atoms with Crippen LogP contribution in [0.25, 0.3) is 0 Å². The largest absolute Gasteiger partial charge is 0.310 e. The molecule has 4 heteroatoms. The molecule has 0 aliphatic carbocycles. The van der Waals surface area contributed by atoms with Gasteiger partial charge in [0.1, 0.15) is 0 Å². The highest BCUT2D eigenvalue weighted by Crippen LogP contribution is 2.14. The molecular weight excluding hydrogens is 218 g/mol. The van der Waals surface area contributed by atoms with Gasteiger partial charge in [-0.25, -0.2) is 0 Å². The second-order valence-electron chi connectivity index (χ2n) is 3.98. The average Bonchev–Trinajstić information content (AvgIpc) is 2.83. The smallest absolute Gasteiger partial charge is 0.0534 e. The highest BCUT2D eigenvalue weighted by Gasteiger charge is 1.99. The zero-order valence-electron chi connectivity index (χ0n) is 9.73. The minimum atomic E-state index is 0.929. The lowest BCUT2D eigenvalue weighted by atomic mass is 10.3. The van der Waals surface area contributed by atoms with Crippen molar-refractivity contribution in [2.75, 3.05) is 6.54 Å². The van der Waals surface area contributed by atoms with Crippen LogP contribution < -0.4 is 5.32 Å². The van der Waals surface area contributed by atoms with E-state index in [2.05, 4.69) is 41.9 Å². The van der Waals surface area contributed by atoms with Gasteiger partial charge in [-0.3, -0.25) is 4.68 Å². The highest BCUT2D eigenvalue weighted by molar-refractivity contribution is 7.10. The number of thiophene rings is 1. The molecule has 0 radical (unpaired) electrons. The maximum Gasteiger partial charge on any atom is 0.0534 e. The van der Waals surface area contributed by atoms with Gasteiger partial charge in [0.15, 0.2) is 0 Å². The molecule has 1 N–H and O–H groups in total. The van der Waals surface area contributed by atoms with Crippen LogP contribution in [0.3, 0.4) is 0 Å². The minimum Gasteiger partial charge on any atom is -0.310 e. The zero-order chi connectivity index (χ0) is 11.4. The summed E-state index contributed by atoms with van der Waals surface area (Å²) >= 11 is 1.81. The summed E-state index contributed by atoms with van der Waals surface area (Å²) in [5.74, 6) is 0. The van der Waals surface area contributed by atoms with Gasteiger partial charge in [0.05, 0.1) is 12.7 Å². The maximum absolute atomic E-state index is 4.25. The van der Waals surface area contributed by atoms with Gasteiger partial charge in [-0.15, -0.1) is 11.3 Å². The van der Waals surface area contributed by atoms with Crippen LogP contribution >= 0.6 is 11.3 Å².